The lowest BCUT2D eigenvalue weighted by atomic mass is 10.2. The second kappa shape index (κ2) is 3.18. The highest BCUT2D eigenvalue weighted by atomic mass is 79.9. The van der Waals surface area contributed by atoms with Crippen molar-refractivity contribution in [3.63, 3.8) is 0 Å². The van der Waals surface area contributed by atoms with Crippen LogP contribution in [0.5, 0.6) is 0 Å². The average molecular weight is 269 g/mol. The number of hydrogen-bond donors (Lipinski definition) is 2. The molecule has 0 amide bonds. The van der Waals surface area contributed by atoms with E-state index in [0.29, 0.717) is 15.9 Å². The lowest BCUT2D eigenvalue weighted by molar-refractivity contribution is 0.325. The predicted octanol–water partition coefficient (Wildman–Crippen LogP) is 0.631. The maximum absolute atomic E-state index is 11.7. The fourth-order valence-corrected chi connectivity index (χ4v) is 2.05. The Morgan fingerprint density at radius 2 is 2.33 bits per heavy atom. The van der Waals surface area contributed by atoms with Crippen molar-refractivity contribution in [2.45, 2.75) is 6.04 Å². The molecule has 1 aliphatic heterocycles. The number of pyridine rings is 1. The summed E-state index contributed by atoms with van der Waals surface area (Å²) in [5.41, 5.74) is 0.789. The third kappa shape index (κ3) is 1.25. The van der Waals surface area contributed by atoms with Gasteiger partial charge in [0, 0.05) is 19.3 Å². The van der Waals surface area contributed by atoms with Crippen molar-refractivity contribution in [2.75, 3.05) is 13.1 Å². The number of aromatic nitrogens is 3. The quantitative estimate of drug-likeness (QED) is 0.798. The van der Waals surface area contributed by atoms with E-state index in [1.165, 1.54) is 0 Å². The molecule has 1 saturated heterocycles. The molecule has 78 valence electrons. The summed E-state index contributed by atoms with van der Waals surface area (Å²) in [6, 6.07) is 0.360. The molecule has 3 heterocycles. The van der Waals surface area contributed by atoms with Crippen molar-refractivity contribution < 1.29 is 0 Å². The van der Waals surface area contributed by atoms with Gasteiger partial charge in [0.25, 0.3) is 0 Å². The second-order valence-electron chi connectivity index (χ2n) is 3.63. The van der Waals surface area contributed by atoms with Crippen LogP contribution in [0, 0.1) is 0 Å². The first-order valence-electron chi connectivity index (χ1n) is 4.72. The minimum absolute atomic E-state index is 0.0118. The van der Waals surface area contributed by atoms with Gasteiger partial charge in [-0.15, -0.1) is 0 Å². The molecule has 0 unspecified atom stereocenters. The Labute approximate surface area is 93.6 Å². The maximum Gasteiger partial charge on any atom is 0.206 e. The molecule has 2 aromatic heterocycles. The number of aromatic amines is 1. The third-order valence-electron chi connectivity index (χ3n) is 2.70. The largest absolute Gasteiger partial charge is 0.345 e. The highest BCUT2D eigenvalue weighted by Gasteiger charge is 2.22. The van der Waals surface area contributed by atoms with E-state index < -0.39 is 0 Å². The van der Waals surface area contributed by atoms with Gasteiger partial charge in [0.2, 0.25) is 5.43 Å². The van der Waals surface area contributed by atoms with E-state index in [1.54, 1.807) is 12.4 Å². The molecule has 0 spiro atoms. The number of hydrogen-bond acceptors (Lipinski definition) is 3. The summed E-state index contributed by atoms with van der Waals surface area (Å²) in [6.07, 6.45) is 3.28. The number of fused-ring (bicyclic) bond motifs is 1. The fourth-order valence-electron chi connectivity index (χ4n) is 1.72. The third-order valence-corrected chi connectivity index (χ3v) is 3.29. The van der Waals surface area contributed by atoms with Gasteiger partial charge in [-0.1, -0.05) is 0 Å². The van der Waals surface area contributed by atoms with E-state index in [4.69, 9.17) is 0 Å². The van der Waals surface area contributed by atoms with Crippen LogP contribution >= 0.6 is 15.9 Å². The molecule has 1 aliphatic rings. The average Bonchev–Trinajstić information content (AvgIpc) is 2.54. The summed E-state index contributed by atoms with van der Waals surface area (Å²) < 4.78 is 2.42. The summed E-state index contributed by atoms with van der Waals surface area (Å²) in [5, 5.41) is 8.06. The van der Waals surface area contributed by atoms with Crippen LogP contribution in [0.3, 0.4) is 0 Å². The SMILES string of the molecule is O=c1c(Br)c[nH]c2c1cnn2C1CNC1. The zero-order valence-corrected chi connectivity index (χ0v) is 9.41. The van der Waals surface area contributed by atoms with Crippen LogP contribution in [0.15, 0.2) is 21.7 Å². The van der Waals surface area contributed by atoms with Crippen LogP contribution in [0.25, 0.3) is 11.0 Å². The minimum atomic E-state index is -0.0118. The standard InChI is InChI=1S/C9H9BrN4O/c10-7-4-12-9-6(8(7)15)3-13-14(9)5-1-11-2-5/h3-5,11H,1-2H2,(H,12,15). The molecule has 0 radical (unpaired) electrons. The Kier molecular flexibility index (Phi) is 1.93. The molecule has 0 saturated carbocycles. The molecule has 3 rings (SSSR count). The van der Waals surface area contributed by atoms with E-state index in [1.807, 2.05) is 4.68 Å². The molecule has 0 bridgehead atoms. The topological polar surface area (TPSA) is 62.7 Å². The Hall–Kier alpha value is -1.14. The van der Waals surface area contributed by atoms with Gasteiger partial charge >= 0.3 is 0 Å². The molecule has 0 aromatic carbocycles. The van der Waals surface area contributed by atoms with E-state index in [2.05, 4.69) is 31.3 Å². The van der Waals surface area contributed by atoms with Gasteiger partial charge in [-0.25, -0.2) is 4.68 Å². The lowest BCUT2D eigenvalue weighted by Gasteiger charge is -2.27. The molecule has 0 atom stereocenters. The highest BCUT2D eigenvalue weighted by molar-refractivity contribution is 9.10. The van der Waals surface area contributed by atoms with E-state index in [0.717, 1.165) is 18.7 Å². The minimum Gasteiger partial charge on any atom is -0.345 e. The molecule has 2 aromatic rings. The number of H-pyrrole nitrogens is 1. The van der Waals surface area contributed by atoms with Crippen LogP contribution in [0.2, 0.25) is 0 Å². The molecule has 5 nitrogen and oxygen atoms in total. The first-order valence-corrected chi connectivity index (χ1v) is 5.52. The first-order chi connectivity index (χ1) is 7.27. The van der Waals surface area contributed by atoms with Crippen LogP contribution < -0.4 is 10.7 Å². The van der Waals surface area contributed by atoms with Gasteiger partial charge in [0.15, 0.2) is 0 Å². The van der Waals surface area contributed by atoms with Gasteiger partial charge in [-0.05, 0) is 15.9 Å². The van der Waals surface area contributed by atoms with Crippen LogP contribution in [-0.2, 0) is 0 Å². The second-order valence-corrected chi connectivity index (χ2v) is 4.48. The molecule has 2 N–H and O–H groups in total. The van der Waals surface area contributed by atoms with Crippen molar-refractivity contribution >= 4 is 27.0 Å². The number of halogens is 1. The normalized spacial score (nSPS) is 16.9. The summed E-state index contributed by atoms with van der Waals surface area (Å²) in [5.74, 6) is 0. The summed E-state index contributed by atoms with van der Waals surface area (Å²) in [7, 11) is 0. The summed E-state index contributed by atoms with van der Waals surface area (Å²) in [4.78, 5) is 14.8. The zero-order valence-electron chi connectivity index (χ0n) is 7.83. The number of nitrogens with zero attached hydrogens (tertiary/aromatic N) is 2. The van der Waals surface area contributed by atoms with Crippen molar-refractivity contribution in [3.8, 4) is 0 Å². The van der Waals surface area contributed by atoms with Gasteiger partial charge in [0.1, 0.15) is 5.65 Å². The Balaban J connectivity index is 2.26. The number of rotatable bonds is 1. The Morgan fingerprint density at radius 3 is 3.00 bits per heavy atom. The molecular weight excluding hydrogens is 260 g/mol. The van der Waals surface area contributed by atoms with Gasteiger partial charge in [-0.3, -0.25) is 4.79 Å². The molecule has 1 fully saturated rings. The van der Waals surface area contributed by atoms with E-state index in [-0.39, 0.29) is 5.43 Å². The van der Waals surface area contributed by atoms with Crippen molar-refractivity contribution in [3.05, 3.63) is 27.1 Å². The lowest BCUT2D eigenvalue weighted by Crippen LogP contribution is -2.43. The Bertz CT molecular complexity index is 569. The predicted molar refractivity (Wildman–Crippen MR) is 60.0 cm³/mol. The maximum atomic E-state index is 11.7. The van der Waals surface area contributed by atoms with Crippen LogP contribution in [0.4, 0.5) is 0 Å². The van der Waals surface area contributed by atoms with Crippen LogP contribution in [-0.4, -0.2) is 27.9 Å². The number of nitrogens with one attached hydrogen (secondary N) is 2. The molecule has 6 heteroatoms. The summed E-state index contributed by atoms with van der Waals surface area (Å²) in [6.45, 7) is 1.82. The van der Waals surface area contributed by atoms with E-state index in [9.17, 15) is 4.79 Å². The molecule has 15 heavy (non-hydrogen) atoms. The summed E-state index contributed by atoms with van der Waals surface area (Å²) >= 11 is 3.20. The monoisotopic (exact) mass is 268 g/mol. The Morgan fingerprint density at radius 1 is 1.53 bits per heavy atom. The van der Waals surface area contributed by atoms with Gasteiger partial charge in [0.05, 0.1) is 22.1 Å². The molecular formula is C9H9BrN4O. The van der Waals surface area contributed by atoms with Gasteiger partial charge in [-0.2, -0.15) is 5.10 Å². The first kappa shape index (κ1) is 9.11. The van der Waals surface area contributed by atoms with Gasteiger partial charge < -0.3 is 10.3 Å². The van der Waals surface area contributed by atoms with E-state index >= 15 is 0 Å². The van der Waals surface area contributed by atoms with Crippen LogP contribution in [0.1, 0.15) is 6.04 Å². The molecule has 0 aliphatic carbocycles. The zero-order chi connectivity index (χ0) is 10.4. The highest BCUT2D eigenvalue weighted by Crippen LogP contribution is 2.17. The van der Waals surface area contributed by atoms with Crippen molar-refractivity contribution in [1.82, 2.24) is 20.1 Å². The smallest absolute Gasteiger partial charge is 0.206 e. The fraction of sp³-hybridized carbons (Fsp3) is 0.333. The van der Waals surface area contributed by atoms with Crippen molar-refractivity contribution in [2.24, 2.45) is 0 Å². The van der Waals surface area contributed by atoms with Crippen molar-refractivity contribution in [1.29, 1.82) is 0 Å².